The molecule has 1 aromatic carbocycles. The van der Waals surface area contributed by atoms with Crippen LogP contribution in [-0.4, -0.2) is 60.6 Å². The molecule has 22 heavy (non-hydrogen) atoms. The molecule has 2 rings (SSSR count). The minimum absolute atomic E-state index is 0.0840. The number of nitrogens with zero attached hydrogens (tertiary/aromatic N) is 2. The number of halogens is 1. The molecule has 0 aliphatic carbocycles. The second-order valence-corrected chi connectivity index (χ2v) is 7.92. The zero-order chi connectivity index (χ0) is 16.5. The van der Waals surface area contributed by atoms with E-state index in [-0.39, 0.29) is 16.6 Å². The molecule has 1 saturated heterocycles. The highest BCUT2D eigenvalue weighted by Gasteiger charge is 2.29. The van der Waals surface area contributed by atoms with Gasteiger partial charge in [-0.05, 0) is 24.6 Å². The molecule has 0 bridgehead atoms. The van der Waals surface area contributed by atoms with E-state index in [2.05, 4.69) is 4.90 Å². The molecule has 0 radical (unpaired) electrons. The van der Waals surface area contributed by atoms with Crippen LogP contribution in [0.15, 0.2) is 18.2 Å². The van der Waals surface area contributed by atoms with E-state index in [0.717, 1.165) is 5.56 Å². The van der Waals surface area contributed by atoms with Crippen LogP contribution in [0.4, 0.5) is 0 Å². The largest absolute Gasteiger partial charge is 0.478 e. The van der Waals surface area contributed by atoms with Crippen molar-refractivity contribution in [2.45, 2.75) is 19.5 Å². The standard InChI is InChI=1S/C14H19ClN2O4S/c1-10-8-16(5-6-17(10)22(2,20)21)9-11-3-4-12(14(18)19)13(15)7-11/h3-4,7,10H,5-6,8-9H2,1-2H3,(H,18,19)/t10-/m1/s1. The molecule has 1 aliphatic rings. The molecule has 1 aliphatic heterocycles. The first-order valence-electron chi connectivity index (χ1n) is 6.89. The average Bonchev–Trinajstić information content (AvgIpc) is 2.36. The number of rotatable bonds is 4. The third kappa shape index (κ3) is 3.98. The molecule has 1 N–H and O–H groups in total. The van der Waals surface area contributed by atoms with Gasteiger partial charge >= 0.3 is 5.97 Å². The fraction of sp³-hybridized carbons (Fsp3) is 0.500. The van der Waals surface area contributed by atoms with Gasteiger partial charge in [0.15, 0.2) is 0 Å². The van der Waals surface area contributed by atoms with Crippen molar-refractivity contribution in [3.8, 4) is 0 Å². The first-order valence-corrected chi connectivity index (χ1v) is 9.12. The van der Waals surface area contributed by atoms with Crippen LogP contribution in [0, 0.1) is 0 Å². The highest BCUT2D eigenvalue weighted by molar-refractivity contribution is 7.88. The van der Waals surface area contributed by atoms with Gasteiger partial charge in [0.2, 0.25) is 10.0 Å². The zero-order valence-corrected chi connectivity index (χ0v) is 14.1. The Hall–Kier alpha value is -1.15. The normalized spacial score (nSPS) is 21.0. The number of sulfonamides is 1. The van der Waals surface area contributed by atoms with Crippen molar-refractivity contribution in [2.24, 2.45) is 0 Å². The maximum Gasteiger partial charge on any atom is 0.337 e. The van der Waals surface area contributed by atoms with Gasteiger partial charge in [0, 0.05) is 32.2 Å². The van der Waals surface area contributed by atoms with Gasteiger partial charge in [0.25, 0.3) is 0 Å². The summed E-state index contributed by atoms with van der Waals surface area (Å²) in [6.45, 7) is 4.22. The Morgan fingerprint density at radius 3 is 2.59 bits per heavy atom. The Bertz CT molecular complexity index is 677. The highest BCUT2D eigenvalue weighted by atomic mass is 35.5. The van der Waals surface area contributed by atoms with E-state index in [4.69, 9.17) is 16.7 Å². The quantitative estimate of drug-likeness (QED) is 0.894. The van der Waals surface area contributed by atoms with Crippen molar-refractivity contribution in [3.63, 3.8) is 0 Å². The SMILES string of the molecule is C[C@@H]1CN(Cc2ccc(C(=O)O)c(Cl)c2)CCN1S(C)(=O)=O. The van der Waals surface area contributed by atoms with Crippen LogP contribution in [0.3, 0.4) is 0 Å². The number of carboxylic acids is 1. The van der Waals surface area contributed by atoms with E-state index >= 15 is 0 Å². The van der Waals surface area contributed by atoms with Crippen molar-refractivity contribution in [1.82, 2.24) is 9.21 Å². The van der Waals surface area contributed by atoms with Gasteiger partial charge in [-0.15, -0.1) is 0 Å². The van der Waals surface area contributed by atoms with Crippen LogP contribution in [0.5, 0.6) is 0 Å². The maximum absolute atomic E-state index is 11.6. The molecular formula is C14H19ClN2O4S. The van der Waals surface area contributed by atoms with Crippen LogP contribution < -0.4 is 0 Å². The molecule has 1 fully saturated rings. The molecule has 122 valence electrons. The first kappa shape index (κ1) is 17.2. The molecule has 1 heterocycles. The second-order valence-electron chi connectivity index (χ2n) is 5.58. The minimum Gasteiger partial charge on any atom is -0.478 e. The van der Waals surface area contributed by atoms with Gasteiger partial charge in [0.1, 0.15) is 0 Å². The van der Waals surface area contributed by atoms with E-state index in [1.165, 1.54) is 16.6 Å². The molecule has 0 saturated carbocycles. The number of hydrogen-bond donors (Lipinski definition) is 1. The Labute approximate surface area is 135 Å². The summed E-state index contributed by atoms with van der Waals surface area (Å²) in [5.41, 5.74) is 0.996. The fourth-order valence-electron chi connectivity index (χ4n) is 2.74. The Balaban J connectivity index is 2.04. The van der Waals surface area contributed by atoms with Gasteiger partial charge in [-0.1, -0.05) is 17.7 Å². The lowest BCUT2D eigenvalue weighted by molar-refractivity contribution is 0.0697. The van der Waals surface area contributed by atoms with E-state index in [9.17, 15) is 13.2 Å². The molecule has 0 aromatic heterocycles. The van der Waals surface area contributed by atoms with Gasteiger partial charge in [-0.2, -0.15) is 4.31 Å². The van der Waals surface area contributed by atoms with E-state index in [1.54, 1.807) is 12.1 Å². The van der Waals surface area contributed by atoms with Crippen molar-refractivity contribution in [3.05, 3.63) is 34.3 Å². The topological polar surface area (TPSA) is 77.9 Å². The Kier molecular flexibility index (Phi) is 5.11. The molecule has 8 heteroatoms. The average molecular weight is 347 g/mol. The lowest BCUT2D eigenvalue weighted by atomic mass is 10.1. The highest BCUT2D eigenvalue weighted by Crippen LogP contribution is 2.21. The molecule has 1 atom stereocenters. The summed E-state index contributed by atoms with van der Waals surface area (Å²) >= 11 is 5.97. The number of carbonyl (C=O) groups is 1. The van der Waals surface area contributed by atoms with Crippen molar-refractivity contribution >= 4 is 27.6 Å². The molecule has 0 unspecified atom stereocenters. The second kappa shape index (κ2) is 6.54. The number of carboxylic acid groups (broad SMARTS) is 1. The lowest BCUT2D eigenvalue weighted by Gasteiger charge is -2.38. The predicted octanol–water partition coefficient (Wildman–Crippen LogP) is 1.50. The van der Waals surface area contributed by atoms with E-state index in [1.807, 2.05) is 6.92 Å². The molecular weight excluding hydrogens is 328 g/mol. The van der Waals surface area contributed by atoms with Gasteiger partial charge < -0.3 is 5.11 Å². The van der Waals surface area contributed by atoms with E-state index < -0.39 is 16.0 Å². The summed E-state index contributed by atoms with van der Waals surface area (Å²) in [4.78, 5) is 13.1. The monoisotopic (exact) mass is 346 g/mol. The van der Waals surface area contributed by atoms with Gasteiger partial charge in [-0.25, -0.2) is 13.2 Å². The van der Waals surface area contributed by atoms with Crippen LogP contribution in [-0.2, 0) is 16.6 Å². The van der Waals surface area contributed by atoms with Crippen LogP contribution in [0.1, 0.15) is 22.8 Å². The minimum atomic E-state index is -3.17. The van der Waals surface area contributed by atoms with Crippen LogP contribution in [0.25, 0.3) is 0 Å². The first-order chi connectivity index (χ1) is 10.2. The molecule has 0 spiro atoms. The smallest absolute Gasteiger partial charge is 0.337 e. The number of hydrogen-bond acceptors (Lipinski definition) is 4. The summed E-state index contributed by atoms with van der Waals surface area (Å²) in [6, 6.07) is 4.80. The summed E-state index contributed by atoms with van der Waals surface area (Å²) < 4.78 is 24.8. The number of benzene rings is 1. The predicted molar refractivity (Wildman–Crippen MR) is 84.7 cm³/mol. The van der Waals surface area contributed by atoms with Crippen LogP contribution >= 0.6 is 11.6 Å². The number of piperazine rings is 1. The lowest BCUT2D eigenvalue weighted by Crippen LogP contribution is -2.53. The van der Waals surface area contributed by atoms with Crippen molar-refractivity contribution in [2.75, 3.05) is 25.9 Å². The van der Waals surface area contributed by atoms with E-state index in [0.29, 0.717) is 26.2 Å². The third-order valence-corrected chi connectivity index (χ3v) is 5.45. The fourth-order valence-corrected chi connectivity index (χ4v) is 4.16. The van der Waals surface area contributed by atoms with Gasteiger partial charge in [-0.3, -0.25) is 4.90 Å². The summed E-state index contributed by atoms with van der Waals surface area (Å²) in [6.07, 6.45) is 1.23. The van der Waals surface area contributed by atoms with Gasteiger partial charge in [0.05, 0.1) is 16.8 Å². The van der Waals surface area contributed by atoms with Crippen molar-refractivity contribution < 1.29 is 18.3 Å². The Morgan fingerprint density at radius 2 is 2.09 bits per heavy atom. The summed E-state index contributed by atoms with van der Waals surface area (Å²) in [5, 5.41) is 9.18. The summed E-state index contributed by atoms with van der Waals surface area (Å²) in [5.74, 6) is -1.05. The molecule has 0 amide bonds. The maximum atomic E-state index is 11.6. The third-order valence-electron chi connectivity index (χ3n) is 3.75. The van der Waals surface area contributed by atoms with Crippen molar-refractivity contribution in [1.29, 1.82) is 0 Å². The molecule has 6 nitrogen and oxygen atoms in total. The zero-order valence-electron chi connectivity index (χ0n) is 12.5. The molecule has 1 aromatic rings. The van der Waals surface area contributed by atoms with Crippen LogP contribution in [0.2, 0.25) is 5.02 Å². The Morgan fingerprint density at radius 1 is 1.41 bits per heavy atom. The number of aromatic carboxylic acids is 1. The summed E-state index contributed by atoms with van der Waals surface area (Å²) in [7, 11) is -3.17.